The number of amides is 1. The lowest BCUT2D eigenvalue weighted by Crippen LogP contribution is -2.42. The fourth-order valence-corrected chi connectivity index (χ4v) is 4.82. The molecule has 0 spiro atoms. The van der Waals surface area contributed by atoms with Gasteiger partial charge in [-0.3, -0.25) is 19.8 Å². The molecule has 1 aliphatic rings. The molecule has 2 aromatic rings. The van der Waals surface area contributed by atoms with Crippen LogP contribution in [0.2, 0.25) is 0 Å². The van der Waals surface area contributed by atoms with Crippen molar-refractivity contribution in [2.75, 3.05) is 39.4 Å². The van der Waals surface area contributed by atoms with Crippen molar-refractivity contribution in [3.63, 3.8) is 0 Å². The van der Waals surface area contributed by atoms with Crippen molar-refractivity contribution in [1.82, 2.24) is 9.80 Å². The van der Waals surface area contributed by atoms with E-state index in [2.05, 4.69) is 36.1 Å². The Bertz CT molecular complexity index is 946. The normalized spacial score (nSPS) is 14.2. The summed E-state index contributed by atoms with van der Waals surface area (Å²) < 4.78 is 5.44. The van der Waals surface area contributed by atoms with Gasteiger partial charge in [-0.15, -0.1) is 0 Å². The van der Waals surface area contributed by atoms with Crippen LogP contribution in [0, 0.1) is 17.0 Å². The number of benzene rings is 2. The summed E-state index contributed by atoms with van der Waals surface area (Å²) in [7, 11) is 0. The highest BCUT2D eigenvalue weighted by atomic mass is 32.2. The van der Waals surface area contributed by atoms with E-state index in [4.69, 9.17) is 4.74 Å². The second kappa shape index (κ2) is 13.5. The van der Waals surface area contributed by atoms with Crippen molar-refractivity contribution in [1.29, 1.82) is 0 Å². The number of ether oxygens (including phenoxy) is 1. The molecular formula is C26H35N3O4S. The van der Waals surface area contributed by atoms with Crippen LogP contribution in [0.4, 0.5) is 5.69 Å². The molecule has 0 radical (unpaired) electrons. The number of aryl methyl sites for hydroxylation is 1. The van der Waals surface area contributed by atoms with Gasteiger partial charge in [-0.1, -0.05) is 49.2 Å². The van der Waals surface area contributed by atoms with Gasteiger partial charge in [0.25, 0.3) is 5.69 Å². The van der Waals surface area contributed by atoms with E-state index in [0.29, 0.717) is 32.7 Å². The smallest absolute Gasteiger partial charge is 0.269 e. The van der Waals surface area contributed by atoms with Crippen LogP contribution < -0.4 is 0 Å². The quantitative estimate of drug-likeness (QED) is 0.231. The van der Waals surface area contributed by atoms with Gasteiger partial charge >= 0.3 is 0 Å². The molecule has 34 heavy (non-hydrogen) atoms. The van der Waals surface area contributed by atoms with Crippen LogP contribution >= 0.6 is 11.8 Å². The first-order valence-corrected chi connectivity index (χ1v) is 12.9. The van der Waals surface area contributed by atoms with Gasteiger partial charge in [-0.05, 0) is 37.1 Å². The second-order valence-electron chi connectivity index (χ2n) is 8.69. The summed E-state index contributed by atoms with van der Waals surface area (Å²) in [6.45, 7) is 9.07. The molecule has 0 N–H and O–H groups in total. The number of morpholine rings is 1. The third-order valence-electron chi connectivity index (χ3n) is 6.00. The lowest BCUT2D eigenvalue weighted by Gasteiger charge is -2.30. The van der Waals surface area contributed by atoms with Gasteiger partial charge < -0.3 is 9.64 Å². The summed E-state index contributed by atoms with van der Waals surface area (Å²) in [6.07, 6.45) is 3.45. The predicted molar refractivity (Wildman–Crippen MR) is 135 cm³/mol. The zero-order valence-electron chi connectivity index (χ0n) is 20.2. The SMILES string of the molecule is CCCCCC(=O)N(CCN1CCOCC1)Cc1cc([N+](=O)[O-])ccc1Sc1ccc(C)cc1. The number of nitrogens with zero attached hydrogens (tertiary/aromatic N) is 3. The van der Waals surface area contributed by atoms with Crippen LogP contribution in [0.3, 0.4) is 0 Å². The third-order valence-corrected chi connectivity index (χ3v) is 7.13. The molecule has 1 heterocycles. The van der Waals surface area contributed by atoms with E-state index in [1.165, 1.54) is 5.56 Å². The summed E-state index contributed by atoms with van der Waals surface area (Å²) in [5, 5.41) is 11.5. The Kier molecular flexibility index (Phi) is 10.4. The van der Waals surface area contributed by atoms with Gasteiger partial charge in [0.15, 0.2) is 0 Å². The van der Waals surface area contributed by atoms with Crippen LogP contribution in [0.15, 0.2) is 52.3 Å². The van der Waals surface area contributed by atoms with E-state index in [1.54, 1.807) is 30.0 Å². The molecule has 1 aliphatic heterocycles. The maximum Gasteiger partial charge on any atom is 0.269 e. The fourth-order valence-electron chi connectivity index (χ4n) is 3.90. The van der Waals surface area contributed by atoms with Gasteiger partial charge in [0.05, 0.1) is 18.1 Å². The van der Waals surface area contributed by atoms with Gasteiger partial charge in [-0.25, -0.2) is 0 Å². The van der Waals surface area contributed by atoms with Crippen molar-refractivity contribution in [3.05, 3.63) is 63.7 Å². The van der Waals surface area contributed by atoms with Crippen molar-refractivity contribution in [2.45, 2.75) is 55.9 Å². The molecule has 0 aliphatic carbocycles. The molecule has 1 saturated heterocycles. The summed E-state index contributed by atoms with van der Waals surface area (Å²) in [5.74, 6) is 0.111. The molecule has 8 heteroatoms. The monoisotopic (exact) mass is 485 g/mol. The second-order valence-corrected chi connectivity index (χ2v) is 9.81. The molecule has 0 unspecified atom stereocenters. The summed E-state index contributed by atoms with van der Waals surface area (Å²) >= 11 is 1.58. The van der Waals surface area contributed by atoms with Gasteiger partial charge in [0.1, 0.15) is 0 Å². The summed E-state index contributed by atoms with van der Waals surface area (Å²) in [5.41, 5.74) is 2.04. The number of non-ortho nitro benzene ring substituents is 1. The minimum atomic E-state index is -0.370. The molecule has 0 bridgehead atoms. The highest BCUT2D eigenvalue weighted by Gasteiger charge is 2.20. The molecule has 0 aromatic heterocycles. The first-order valence-electron chi connectivity index (χ1n) is 12.1. The van der Waals surface area contributed by atoms with Crippen molar-refractivity contribution in [2.24, 2.45) is 0 Å². The zero-order chi connectivity index (χ0) is 24.3. The number of nitro groups is 1. The van der Waals surface area contributed by atoms with E-state index < -0.39 is 0 Å². The molecule has 3 rings (SSSR count). The number of rotatable bonds is 12. The molecule has 0 atom stereocenters. The van der Waals surface area contributed by atoms with Crippen molar-refractivity contribution < 1.29 is 14.5 Å². The zero-order valence-corrected chi connectivity index (χ0v) is 21.0. The average molecular weight is 486 g/mol. The van der Waals surface area contributed by atoms with E-state index in [1.807, 2.05) is 11.8 Å². The molecular weight excluding hydrogens is 450 g/mol. The Morgan fingerprint density at radius 3 is 2.56 bits per heavy atom. The molecule has 1 amide bonds. The Morgan fingerprint density at radius 1 is 1.15 bits per heavy atom. The topological polar surface area (TPSA) is 75.9 Å². The fraction of sp³-hybridized carbons (Fsp3) is 0.500. The van der Waals surface area contributed by atoms with Gasteiger partial charge in [-0.2, -0.15) is 0 Å². The standard InChI is InChI=1S/C26H35N3O4S/c1-3-4-5-6-26(30)28(14-13-27-15-17-33-18-16-27)20-22-19-23(29(31)32)9-12-25(22)34-24-10-7-21(2)8-11-24/h7-12,19H,3-6,13-18,20H2,1-2H3. The highest BCUT2D eigenvalue weighted by Crippen LogP contribution is 2.33. The van der Waals surface area contributed by atoms with E-state index in [0.717, 1.165) is 54.3 Å². The molecule has 0 saturated carbocycles. The lowest BCUT2D eigenvalue weighted by atomic mass is 10.1. The minimum absolute atomic E-state index is 0.0508. The minimum Gasteiger partial charge on any atom is -0.379 e. The molecule has 1 fully saturated rings. The largest absolute Gasteiger partial charge is 0.379 e. The van der Waals surface area contributed by atoms with Crippen LogP contribution in [0.25, 0.3) is 0 Å². The van der Waals surface area contributed by atoms with E-state index in [-0.39, 0.29) is 16.5 Å². The Balaban J connectivity index is 1.81. The van der Waals surface area contributed by atoms with Gasteiger partial charge in [0, 0.05) is 61.1 Å². The average Bonchev–Trinajstić information content (AvgIpc) is 2.84. The maximum atomic E-state index is 13.2. The molecule has 2 aromatic carbocycles. The Morgan fingerprint density at radius 2 is 1.88 bits per heavy atom. The van der Waals surface area contributed by atoms with Crippen molar-refractivity contribution in [3.8, 4) is 0 Å². The van der Waals surface area contributed by atoms with Crippen LogP contribution in [-0.2, 0) is 16.1 Å². The summed E-state index contributed by atoms with van der Waals surface area (Å²) in [6, 6.07) is 13.2. The number of hydrogen-bond donors (Lipinski definition) is 0. The molecule has 7 nitrogen and oxygen atoms in total. The van der Waals surface area contributed by atoms with Crippen molar-refractivity contribution >= 4 is 23.4 Å². The Hall–Kier alpha value is -2.42. The first-order chi connectivity index (χ1) is 16.5. The number of carbonyl (C=O) groups excluding carboxylic acids is 1. The number of carbonyl (C=O) groups is 1. The predicted octanol–water partition coefficient (Wildman–Crippen LogP) is 5.30. The first kappa shape index (κ1) is 26.2. The van der Waals surface area contributed by atoms with E-state index in [9.17, 15) is 14.9 Å². The van der Waals surface area contributed by atoms with Crippen LogP contribution in [0.5, 0.6) is 0 Å². The number of nitro benzene ring substituents is 1. The Labute approximate surface area is 206 Å². The van der Waals surface area contributed by atoms with Crippen LogP contribution in [-0.4, -0.2) is 60.0 Å². The number of hydrogen-bond acceptors (Lipinski definition) is 6. The highest BCUT2D eigenvalue weighted by molar-refractivity contribution is 7.99. The van der Waals surface area contributed by atoms with E-state index >= 15 is 0 Å². The van der Waals surface area contributed by atoms with Crippen LogP contribution in [0.1, 0.15) is 43.7 Å². The van der Waals surface area contributed by atoms with Gasteiger partial charge in [0.2, 0.25) is 5.91 Å². The molecule has 184 valence electrons. The third kappa shape index (κ3) is 8.11. The number of unbranched alkanes of at least 4 members (excludes halogenated alkanes) is 2. The summed E-state index contributed by atoms with van der Waals surface area (Å²) in [4.78, 5) is 30.5. The maximum absolute atomic E-state index is 13.2. The lowest BCUT2D eigenvalue weighted by molar-refractivity contribution is -0.385.